The zero-order valence-corrected chi connectivity index (χ0v) is 10.8. The topological polar surface area (TPSA) is 64.4 Å². The molecule has 96 valence electrons. The monoisotopic (exact) mass is 268 g/mol. The standard InChI is InChI=1S/C12H13ClN2O3/c1-7(6-17-2)14-11(16)8-3-4-10-9(5-8)15-12(13)18-10/h3-5,7H,6H2,1-2H3,(H,14,16)/t7-/m0/s1. The van der Waals surface area contributed by atoms with Gasteiger partial charge in [0.25, 0.3) is 11.3 Å². The molecular weight excluding hydrogens is 256 g/mol. The van der Waals surface area contributed by atoms with Crippen LogP contribution in [0.3, 0.4) is 0 Å². The van der Waals surface area contributed by atoms with E-state index >= 15 is 0 Å². The molecule has 0 aliphatic carbocycles. The number of rotatable bonds is 4. The van der Waals surface area contributed by atoms with Gasteiger partial charge in [-0.25, -0.2) is 0 Å². The third-order valence-electron chi connectivity index (χ3n) is 2.42. The Balaban J connectivity index is 2.17. The number of amides is 1. The number of oxazole rings is 1. The highest BCUT2D eigenvalue weighted by Crippen LogP contribution is 2.19. The van der Waals surface area contributed by atoms with Crippen molar-refractivity contribution in [2.45, 2.75) is 13.0 Å². The number of nitrogens with zero attached hydrogens (tertiary/aromatic N) is 1. The van der Waals surface area contributed by atoms with E-state index in [4.69, 9.17) is 20.8 Å². The van der Waals surface area contributed by atoms with Gasteiger partial charge in [-0.1, -0.05) is 0 Å². The first-order valence-corrected chi connectivity index (χ1v) is 5.84. The minimum atomic E-state index is -0.180. The Morgan fingerprint density at radius 2 is 2.39 bits per heavy atom. The van der Waals surface area contributed by atoms with Gasteiger partial charge < -0.3 is 14.5 Å². The minimum absolute atomic E-state index is 0.0564. The number of hydrogen-bond acceptors (Lipinski definition) is 4. The molecule has 0 saturated heterocycles. The minimum Gasteiger partial charge on any atom is -0.428 e. The predicted octanol–water partition coefficient (Wildman–Crippen LogP) is 2.25. The summed E-state index contributed by atoms with van der Waals surface area (Å²) in [6, 6.07) is 4.92. The number of carbonyl (C=O) groups excluding carboxylic acids is 1. The Bertz CT molecular complexity index is 567. The molecule has 0 aliphatic rings. The van der Waals surface area contributed by atoms with Gasteiger partial charge in [-0.2, -0.15) is 4.98 Å². The number of ether oxygens (including phenoxy) is 1. The van der Waals surface area contributed by atoms with Gasteiger partial charge >= 0.3 is 0 Å². The largest absolute Gasteiger partial charge is 0.428 e. The summed E-state index contributed by atoms with van der Waals surface area (Å²) in [7, 11) is 1.59. The molecule has 1 atom stereocenters. The zero-order chi connectivity index (χ0) is 13.1. The smallest absolute Gasteiger partial charge is 0.293 e. The van der Waals surface area contributed by atoms with Gasteiger partial charge in [0.2, 0.25) is 0 Å². The summed E-state index contributed by atoms with van der Waals surface area (Å²) in [5, 5.41) is 2.88. The fourth-order valence-corrected chi connectivity index (χ4v) is 1.81. The summed E-state index contributed by atoms with van der Waals surface area (Å²) in [5.41, 5.74) is 1.63. The lowest BCUT2D eigenvalue weighted by Crippen LogP contribution is -2.35. The number of methoxy groups -OCH3 is 1. The fourth-order valence-electron chi connectivity index (χ4n) is 1.64. The van der Waals surface area contributed by atoms with Crippen molar-refractivity contribution in [1.82, 2.24) is 10.3 Å². The van der Waals surface area contributed by atoms with Crippen LogP contribution in [-0.4, -0.2) is 30.6 Å². The van der Waals surface area contributed by atoms with Crippen LogP contribution in [0.4, 0.5) is 0 Å². The molecule has 6 heteroatoms. The Kier molecular flexibility index (Phi) is 3.84. The molecule has 0 aliphatic heterocycles. The Labute approximate surface area is 109 Å². The Hall–Kier alpha value is -1.59. The molecule has 1 heterocycles. The van der Waals surface area contributed by atoms with Gasteiger partial charge in [-0.3, -0.25) is 4.79 Å². The van der Waals surface area contributed by atoms with E-state index in [0.29, 0.717) is 23.3 Å². The van der Waals surface area contributed by atoms with Gasteiger partial charge in [-0.15, -0.1) is 0 Å². The van der Waals surface area contributed by atoms with Crippen LogP contribution in [0, 0.1) is 0 Å². The zero-order valence-electron chi connectivity index (χ0n) is 10.1. The molecule has 1 amide bonds. The highest BCUT2D eigenvalue weighted by Gasteiger charge is 2.12. The molecule has 0 bridgehead atoms. The average Bonchev–Trinajstić information content (AvgIpc) is 2.68. The summed E-state index contributed by atoms with van der Waals surface area (Å²) < 4.78 is 10.1. The number of aromatic nitrogens is 1. The summed E-state index contributed by atoms with van der Waals surface area (Å²) in [6.45, 7) is 2.33. The number of benzene rings is 1. The van der Waals surface area contributed by atoms with Crippen LogP contribution in [0.25, 0.3) is 11.1 Å². The van der Waals surface area contributed by atoms with E-state index in [1.54, 1.807) is 25.3 Å². The third-order valence-corrected chi connectivity index (χ3v) is 2.58. The van der Waals surface area contributed by atoms with Crippen LogP contribution in [0.15, 0.2) is 22.6 Å². The lowest BCUT2D eigenvalue weighted by molar-refractivity contribution is 0.0905. The van der Waals surface area contributed by atoms with Crippen molar-refractivity contribution in [1.29, 1.82) is 0 Å². The molecule has 0 spiro atoms. The van der Waals surface area contributed by atoms with Crippen LogP contribution < -0.4 is 5.32 Å². The SMILES string of the molecule is COC[C@H](C)NC(=O)c1ccc2oc(Cl)nc2c1. The van der Waals surface area contributed by atoms with Crippen molar-refractivity contribution in [3.8, 4) is 0 Å². The maximum Gasteiger partial charge on any atom is 0.293 e. The van der Waals surface area contributed by atoms with Gasteiger partial charge in [0.1, 0.15) is 5.52 Å². The molecule has 0 saturated carbocycles. The normalized spacial score (nSPS) is 12.6. The maximum atomic E-state index is 11.9. The van der Waals surface area contributed by atoms with Crippen molar-refractivity contribution in [2.24, 2.45) is 0 Å². The molecule has 2 aromatic rings. The first kappa shape index (κ1) is 12.9. The molecule has 1 aromatic carbocycles. The van der Waals surface area contributed by atoms with Gasteiger partial charge in [-0.05, 0) is 36.7 Å². The lowest BCUT2D eigenvalue weighted by Gasteiger charge is -2.12. The van der Waals surface area contributed by atoms with E-state index in [9.17, 15) is 4.79 Å². The van der Waals surface area contributed by atoms with E-state index < -0.39 is 0 Å². The summed E-state index contributed by atoms with van der Waals surface area (Å²) in [5.74, 6) is -0.180. The van der Waals surface area contributed by atoms with E-state index in [1.807, 2.05) is 6.92 Å². The summed E-state index contributed by atoms with van der Waals surface area (Å²) in [4.78, 5) is 15.9. The highest BCUT2D eigenvalue weighted by molar-refractivity contribution is 6.28. The fraction of sp³-hybridized carbons (Fsp3) is 0.333. The van der Waals surface area contributed by atoms with Crippen molar-refractivity contribution in [3.05, 3.63) is 29.1 Å². The van der Waals surface area contributed by atoms with Crippen LogP contribution in [0.5, 0.6) is 0 Å². The predicted molar refractivity (Wildman–Crippen MR) is 67.8 cm³/mol. The average molecular weight is 269 g/mol. The molecule has 1 N–H and O–H groups in total. The van der Waals surface area contributed by atoms with Crippen LogP contribution >= 0.6 is 11.6 Å². The van der Waals surface area contributed by atoms with Crippen molar-refractivity contribution >= 4 is 28.6 Å². The first-order valence-electron chi connectivity index (χ1n) is 5.46. The second-order valence-corrected chi connectivity index (χ2v) is 4.30. The first-order chi connectivity index (χ1) is 8.60. The van der Waals surface area contributed by atoms with E-state index in [-0.39, 0.29) is 17.3 Å². The van der Waals surface area contributed by atoms with Gasteiger partial charge in [0.05, 0.1) is 6.61 Å². The van der Waals surface area contributed by atoms with Crippen LogP contribution in [-0.2, 0) is 4.74 Å². The molecule has 1 aromatic heterocycles. The molecule has 0 fully saturated rings. The third kappa shape index (κ3) is 2.80. The van der Waals surface area contributed by atoms with E-state index in [0.717, 1.165) is 0 Å². The molecule has 5 nitrogen and oxygen atoms in total. The molecule has 0 unspecified atom stereocenters. The summed E-state index contributed by atoms with van der Waals surface area (Å²) >= 11 is 5.65. The molecule has 2 rings (SSSR count). The Morgan fingerprint density at radius 3 is 3.11 bits per heavy atom. The second kappa shape index (κ2) is 5.37. The van der Waals surface area contributed by atoms with Crippen LogP contribution in [0.1, 0.15) is 17.3 Å². The number of fused-ring (bicyclic) bond motifs is 1. The van der Waals surface area contributed by atoms with E-state index in [2.05, 4.69) is 10.3 Å². The molecular formula is C12H13ClN2O3. The second-order valence-electron chi connectivity index (χ2n) is 3.98. The van der Waals surface area contributed by atoms with Crippen molar-refractivity contribution < 1.29 is 13.9 Å². The molecule has 0 radical (unpaired) electrons. The Morgan fingerprint density at radius 1 is 1.61 bits per heavy atom. The highest BCUT2D eigenvalue weighted by atomic mass is 35.5. The number of nitrogens with one attached hydrogen (secondary N) is 1. The molecule has 18 heavy (non-hydrogen) atoms. The van der Waals surface area contributed by atoms with E-state index in [1.165, 1.54) is 0 Å². The van der Waals surface area contributed by atoms with Gasteiger partial charge in [0.15, 0.2) is 5.58 Å². The number of hydrogen-bond donors (Lipinski definition) is 1. The lowest BCUT2D eigenvalue weighted by atomic mass is 10.2. The summed E-state index contributed by atoms with van der Waals surface area (Å²) in [6.07, 6.45) is 0. The maximum absolute atomic E-state index is 11.9. The van der Waals surface area contributed by atoms with Crippen LogP contribution in [0.2, 0.25) is 5.35 Å². The number of halogens is 1. The van der Waals surface area contributed by atoms with Gasteiger partial charge in [0, 0.05) is 18.7 Å². The number of carbonyl (C=O) groups is 1. The van der Waals surface area contributed by atoms with Crippen molar-refractivity contribution in [3.63, 3.8) is 0 Å². The van der Waals surface area contributed by atoms with Crippen molar-refractivity contribution in [2.75, 3.05) is 13.7 Å². The quantitative estimate of drug-likeness (QED) is 0.924.